The number of hydrogen-bond acceptors (Lipinski definition) is 3. The molecule has 2 aromatic carbocycles. The molecule has 0 bridgehead atoms. The van der Waals surface area contributed by atoms with E-state index < -0.39 is 0 Å². The van der Waals surface area contributed by atoms with Crippen LogP contribution in [0.5, 0.6) is 5.75 Å². The molecule has 2 amide bonds. The highest BCUT2D eigenvalue weighted by atomic mass is 16.5. The van der Waals surface area contributed by atoms with Gasteiger partial charge in [0.05, 0.1) is 19.6 Å². The zero-order valence-corrected chi connectivity index (χ0v) is 17.6. The maximum atomic E-state index is 13.1. The molecule has 0 aromatic heterocycles. The highest BCUT2D eigenvalue weighted by molar-refractivity contribution is 5.98. The van der Waals surface area contributed by atoms with E-state index in [9.17, 15) is 9.59 Å². The molecule has 2 aliphatic rings. The first-order valence-corrected chi connectivity index (χ1v) is 11.0. The van der Waals surface area contributed by atoms with Gasteiger partial charge in [0, 0.05) is 18.2 Å². The number of benzene rings is 2. The molecule has 0 radical (unpaired) electrons. The van der Waals surface area contributed by atoms with Crippen molar-refractivity contribution < 1.29 is 14.3 Å². The van der Waals surface area contributed by atoms with Crippen molar-refractivity contribution in [2.45, 2.75) is 63.6 Å². The number of hydrogen-bond donors (Lipinski definition) is 1. The normalized spacial score (nSPS) is 17.9. The van der Waals surface area contributed by atoms with Gasteiger partial charge in [0.25, 0.3) is 5.91 Å². The van der Waals surface area contributed by atoms with Crippen molar-refractivity contribution in [3.05, 3.63) is 65.2 Å². The summed E-state index contributed by atoms with van der Waals surface area (Å²) >= 11 is 0. The second-order valence-electron chi connectivity index (χ2n) is 8.34. The largest absolute Gasteiger partial charge is 0.497 e. The molecule has 0 unspecified atom stereocenters. The Hall–Kier alpha value is -2.82. The van der Waals surface area contributed by atoms with Crippen LogP contribution in [0.1, 0.15) is 72.5 Å². The fourth-order valence-electron chi connectivity index (χ4n) is 4.65. The van der Waals surface area contributed by atoms with Crippen LogP contribution in [0.25, 0.3) is 0 Å². The summed E-state index contributed by atoms with van der Waals surface area (Å²) < 4.78 is 5.28. The van der Waals surface area contributed by atoms with Crippen molar-refractivity contribution >= 4 is 11.8 Å². The Labute approximate surface area is 178 Å². The molecule has 2 aromatic rings. The predicted molar refractivity (Wildman–Crippen MR) is 116 cm³/mol. The minimum Gasteiger partial charge on any atom is -0.497 e. The molecule has 0 saturated heterocycles. The molecule has 4 rings (SSSR count). The van der Waals surface area contributed by atoms with Crippen LogP contribution in [0.4, 0.5) is 0 Å². The molecular formula is C25H30N2O3. The van der Waals surface area contributed by atoms with E-state index in [1.807, 2.05) is 53.4 Å². The second kappa shape index (κ2) is 9.33. The lowest BCUT2D eigenvalue weighted by molar-refractivity contribution is -0.123. The summed E-state index contributed by atoms with van der Waals surface area (Å²) in [5.41, 5.74) is 2.71. The van der Waals surface area contributed by atoms with Crippen LogP contribution in [0.3, 0.4) is 0 Å². The Kier molecular flexibility index (Phi) is 6.36. The number of nitrogens with one attached hydrogen (secondary N) is 1. The highest BCUT2D eigenvalue weighted by Crippen LogP contribution is 2.34. The predicted octanol–water partition coefficient (Wildman–Crippen LogP) is 4.62. The summed E-state index contributed by atoms with van der Waals surface area (Å²) in [5.74, 6) is 0.775. The molecule has 0 spiro atoms. The Bertz CT molecular complexity index is 886. The summed E-state index contributed by atoms with van der Waals surface area (Å²) in [6.07, 6.45) is 7.21. The summed E-state index contributed by atoms with van der Waals surface area (Å²) in [6, 6.07) is 15.3. The fourth-order valence-corrected chi connectivity index (χ4v) is 4.65. The number of methoxy groups -OCH3 is 1. The van der Waals surface area contributed by atoms with E-state index in [0.29, 0.717) is 6.54 Å². The first-order valence-electron chi connectivity index (χ1n) is 11.0. The van der Waals surface area contributed by atoms with Crippen molar-refractivity contribution in [2.24, 2.45) is 0 Å². The van der Waals surface area contributed by atoms with Gasteiger partial charge < -0.3 is 15.0 Å². The summed E-state index contributed by atoms with van der Waals surface area (Å²) in [5, 5.41) is 3.24. The molecule has 5 nitrogen and oxygen atoms in total. The Balaban J connectivity index is 1.54. The Morgan fingerprint density at radius 1 is 1.07 bits per heavy atom. The maximum absolute atomic E-state index is 13.1. The monoisotopic (exact) mass is 406 g/mol. The van der Waals surface area contributed by atoms with Gasteiger partial charge in [0.1, 0.15) is 5.75 Å². The van der Waals surface area contributed by atoms with E-state index >= 15 is 0 Å². The lowest BCUT2D eigenvalue weighted by atomic mass is 10.0. The van der Waals surface area contributed by atoms with Gasteiger partial charge in [-0.1, -0.05) is 56.0 Å². The van der Waals surface area contributed by atoms with Gasteiger partial charge in [-0.3, -0.25) is 9.59 Å². The lowest BCUT2D eigenvalue weighted by Gasteiger charge is -2.29. The third-order valence-electron chi connectivity index (χ3n) is 6.33. The first kappa shape index (κ1) is 20.5. The molecule has 1 heterocycles. The minimum atomic E-state index is -0.304. The first-order chi connectivity index (χ1) is 14.7. The third-order valence-corrected chi connectivity index (χ3v) is 6.33. The van der Waals surface area contributed by atoms with E-state index in [-0.39, 0.29) is 30.3 Å². The molecule has 1 saturated carbocycles. The van der Waals surface area contributed by atoms with E-state index in [1.165, 1.54) is 25.7 Å². The topological polar surface area (TPSA) is 58.6 Å². The van der Waals surface area contributed by atoms with Gasteiger partial charge in [-0.2, -0.15) is 0 Å². The summed E-state index contributed by atoms with van der Waals surface area (Å²) in [4.78, 5) is 27.9. The van der Waals surface area contributed by atoms with Crippen LogP contribution >= 0.6 is 0 Å². The van der Waals surface area contributed by atoms with E-state index in [0.717, 1.165) is 35.3 Å². The number of nitrogens with zero attached hydrogens (tertiary/aromatic N) is 1. The number of fused-ring (bicyclic) bond motifs is 1. The van der Waals surface area contributed by atoms with Gasteiger partial charge in [-0.25, -0.2) is 0 Å². The van der Waals surface area contributed by atoms with Gasteiger partial charge in [-0.05, 0) is 42.2 Å². The molecule has 30 heavy (non-hydrogen) atoms. The molecule has 1 N–H and O–H groups in total. The molecule has 1 aliphatic carbocycles. The van der Waals surface area contributed by atoms with E-state index in [2.05, 4.69) is 5.32 Å². The zero-order valence-electron chi connectivity index (χ0n) is 17.6. The highest BCUT2D eigenvalue weighted by Gasteiger charge is 2.34. The van der Waals surface area contributed by atoms with Gasteiger partial charge in [0.15, 0.2) is 0 Å². The van der Waals surface area contributed by atoms with Crippen LogP contribution in [0.15, 0.2) is 48.5 Å². The molecule has 1 fully saturated rings. The second-order valence-corrected chi connectivity index (χ2v) is 8.34. The third kappa shape index (κ3) is 4.50. The minimum absolute atomic E-state index is 0.00585. The van der Waals surface area contributed by atoms with Gasteiger partial charge in [-0.15, -0.1) is 0 Å². The molecule has 5 heteroatoms. The average Bonchev–Trinajstić information content (AvgIpc) is 2.92. The number of ether oxygens (including phenoxy) is 1. The van der Waals surface area contributed by atoms with E-state index in [4.69, 9.17) is 4.74 Å². The molecule has 1 atom stereocenters. The van der Waals surface area contributed by atoms with Crippen molar-refractivity contribution in [3.8, 4) is 5.75 Å². The van der Waals surface area contributed by atoms with Crippen LogP contribution in [-0.4, -0.2) is 29.9 Å². The number of carbonyl (C=O) groups excluding carboxylic acids is 2. The molecular weight excluding hydrogens is 376 g/mol. The number of amides is 2. The van der Waals surface area contributed by atoms with Crippen molar-refractivity contribution in [1.29, 1.82) is 0 Å². The van der Waals surface area contributed by atoms with Crippen molar-refractivity contribution in [2.75, 3.05) is 7.11 Å². The number of rotatable bonds is 6. The van der Waals surface area contributed by atoms with Crippen LogP contribution in [0.2, 0.25) is 0 Å². The smallest absolute Gasteiger partial charge is 0.255 e. The summed E-state index contributed by atoms with van der Waals surface area (Å²) in [7, 11) is 1.63. The van der Waals surface area contributed by atoms with E-state index in [1.54, 1.807) is 7.11 Å². The van der Waals surface area contributed by atoms with Crippen LogP contribution in [-0.2, 0) is 11.3 Å². The standard InChI is InChI=1S/C25H30N2O3/c1-30-21-14-12-18(13-15-21)23(16-24(28)26-20-9-4-2-3-5-10-20)27-17-19-8-6-7-11-22(19)25(27)29/h6-8,11-15,20,23H,2-5,9-10,16-17H2,1H3,(H,26,28)/t23-/m0/s1. The van der Waals surface area contributed by atoms with Crippen molar-refractivity contribution in [1.82, 2.24) is 10.2 Å². The number of carbonyl (C=O) groups is 2. The average molecular weight is 407 g/mol. The Morgan fingerprint density at radius 2 is 1.77 bits per heavy atom. The molecule has 158 valence electrons. The lowest BCUT2D eigenvalue weighted by Crippen LogP contribution is -2.38. The van der Waals surface area contributed by atoms with Crippen molar-refractivity contribution in [3.63, 3.8) is 0 Å². The fraction of sp³-hybridized carbons (Fsp3) is 0.440. The van der Waals surface area contributed by atoms with Crippen LogP contribution < -0.4 is 10.1 Å². The zero-order chi connectivity index (χ0) is 20.9. The van der Waals surface area contributed by atoms with Gasteiger partial charge >= 0.3 is 0 Å². The quantitative estimate of drug-likeness (QED) is 0.712. The van der Waals surface area contributed by atoms with Gasteiger partial charge in [0.2, 0.25) is 5.91 Å². The maximum Gasteiger partial charge on any atom is 0.255 e. The Morgan fingerprint density at radius 3 is 2.43 bits per heavy atom. The summed E-state index contributed by atoms with van der Waals surface area (Å²) in [6.45, 7) is 0.530. The van der Waals surface area contributed by atoms with Crippen LogP contribution in [0, 0.1) is 0 Å². The SMILES string of the molecule is COc1ccc([C@H](CC(=O)NC2CCCCCC2)N2Cc3ccccc3C2=O)cc1. The molecule has 1 aliphatic heterocycles.